The van der Waals surface area contributed by atoms with Crippen molar-refractivity contribution in [1.29, 1.82) is 0 Å². The summed E-state index contributed by atoms with van der Waals surface area (Å²) in [6.07, 6.45) is 1.66. The molecule has 0 spiro atoms. The summed E-state index contributed by atoms with van der Waals surface area (Å²) in [4.78, 5) is 26.6. The molecular weight excluding hydrogens is 438 g/mol. The van der Waals surface area contributed by atoms with Crippen LogP contribution in [0.15, 0.2) is 51.8 Å². The number of imide groups is 1. The zero-order chi connectivity index (χ0) is 18.7. The van der Waals surface area contributed by atoms with Crippen molar-refractivity contribution in [2.24, 2.45) is 0 Å². The highest BCUT2D eigenvalue weighted by atomic mass is 79.9. The van der Waals surface area contributed by atoms with Gasteiger partial charge in [-0.05, 0) is 60.7 Å². The molecule has 0 aromatic heterocycles. The highest BCUT2D eigenvalue weighted by molar-refractivity contribution is 9.10. The number of hydrogen-bond donors (Lipinski definition) is 0. The van der Waals surface area contributed by atoms with Crippen molar-refractivity contribution in [2.75, 3.05) is 6.61 Å². The third-order valence-electron chi connectivity index (χ3n) is 3.69. The van der Waals surface area contributed by atoms with Gasteiger partial charge in [-0.1, -0.05) is 39.7 Å². The van der Waals surface area contributed by atoms with Crippen LogP contribution in [0.4, 0.5) is 4.79 Å². The Morgan fingerprint density at radius 3 is 2.62 bits per heavy atom. The Morgan fingerprint density at radius 1 is 1.19 bits per heavy atom. The molecule has 26 heavy (non-hydrogen) atoms. The van der Waals surface area contributed by atoms with Crippen molar-refractivity contribution in [3.05, 3.63) is 68.0 Å². The van der Waals surface area contributed by atoms with Gasteiger partial charge in [0.25, 0.3) is 11.1 Å². The molecule has 4 nitrogen and oxygen atoms in total. The van der Waals surface area contributed by atoms with Crippen LogP contribution in [0.2, 0.25) is 5.02 Å². The number of carbonyl (C=O) groups is 2. The summed E-state index contributed by atoms with van der Waals surface area (Å²) in [7, 11) is 0. The Kier molecular flexibility index (Phi) is 6.06. The van der Waals surface area contributed by atoms with Crippen LogP contribution >= 0.6 is 39.3 Å². The fourth-order valence-electron chi connectivity index (χ4n) is 2.47. The first-order chi connectivity index (χ1) is 12.5. The van der Waals surface area contributed by atoms with Gasteiger partial charge >= 0.3 is 0 Å². The fourth-order valence-corrected chi connectivity index (χ4v) is 3.74. The van der Waals surface area contributed by atoms with E-state index in [1.165, 1.54) is 4.90 Å². The molecule has 7 heteroatoms. The first-order valence-electron chi connectivity index (χ1n) is 7.90. The van der Waals surface area contributed by atoms with Gasteiger partial charge < -0.3 is 4.74 Å². The molecule has 2 aromatic rings. The molecule has 2 amide bonds. The number of carbonyl (C=O) groups excluding carboxylic acids is 2. The molecule has 0 radical (unpaired) electrons. The lowest BCUT2D eigenvalue weighted by molar-refractivity contribution is -0.123. The van der Waals surface area contributed by atoms with Crippen LogP contribution in [0.1, 0.15) is 18.1 Å². The lowest BCUT2D eigenvalue weighted by atomic mass is 10.1. The maximum atomic E-state index is 12.7. The van der Waals surface area contributed by atoms with Gasteiger partial charge in [0.15, 0.2) is 0 Å². The summed E-state index contributed by atoms with van der Waals surface area (Å²) in [5.74, 6) is 0.307. The van der Waals surface area contributed by atoms with Crippen molar-refractivity contribution >= 4 is 56.5 Å². The first-order valence-corrected chi connectivity index (χ1v) is 9.89. The van der Waals surface area contributed by atoms with Gasteiger partial charge in [0, 0.05) is 15.1 Å². The van der Waals surface area contributed by atoms with Crippen LogP contribution in [0.25, 0.3) is 6.08 Å². The molecule has 0 atom stereocenters. The SMILES string of the molecule is CCOc1ccc(Cl)cc1/C=C1\SC(=O)N(Cc2ccc(Br)cc2)C1=O. The summed E-state index contributed by atoms with van der Waals surface area (Å²) < 4.78 is 6.52. The molecule has 1 saturated heterocycles. The highest BCUT2D eigenvalue weighted by Gasteiger charge is 2.35. The first kappa shape index (κ1) is 19.0. The fraction of sp³-hybridized carbons (Fsp3) is 0.158. The smallest absolute Gasteiger partial charge is 0.293 e. The molecule has 1 heterocycles. The van der Waals surface area contributed by atoms with Crippen molar-refractivity contribution in [1.82, 2.24) is 4.90 Å². The Morgan fingerprint density at radius 2 is 1.92 bits per heavy atom. The van der Waals surface area contributed by atoms with E-state index in [9.17, 15) is 9.59 Å². The standard InChI is InChI=1S/C19H15BrClNO3S/c1-2-25-16-8-7-15(21)9-13(16)10-17-18(23)22(19(24)26-17)11-12-3-5-14(20)6-4-12/h3-10H,2,11H2,1H3/b17-10-. The summed E-state index contributed by atoms with van der Waals surface area (Å²) >= 11 is 10.4. The van der Waals surface area contributed by atoms with Crippen molar-refractivity contribution < 1.29 is 14.3 Å². The minimum Gasteiger partial charge on any atom is -0.493 e. The van der Waals surface area contributed by atoms with E-state index in [0.29, 0.717) is 27.8 Å². The molecule has 0 saturated carbocycles. The maximum absolute atomic E-state index is 12.7. The summed E-state index contributed by atoms with van der Waals surface area (Å²) in [6.45, 7) is 2.61. The Hall–Kier alpha value is -1.76. The van der Waals surface area contributed by atoms with E-state index in [1.807, 2.05) is 31.2 Å². The Bertz CT molecular complexity index is 883. The molecule has 0 bridgehead atoms. The number of ether oxygens (including phenoxy) is 1. The van der Waals surface area contributed by atoms with E-state index < -0.39 is 0 Å². The molecule has 134 valence electrons. The predicted octanol–water partition coefficient (Wildman–Crippen LogP) is 5.74. The highest BCUT2D eigenvalue weighted by Crippen LogP contribution is 2.35. The molecular formula is C19H15BrClNO3S. The van der Waals surface area contributed by atoms with E-state index in [4.69, 9.17) is 16.3 Å². The van der Waals surface area contributed by atoms with Gasteiger partial charge in [-0.25, -0.2) is 0 Å². The van der Waals surface area contributed by atoms with Crippen LogP contribution in [-0.2, 0) is 11.3 Å². The molecule has 3 rings (SSSR count). The van der Waals surface area contributed by atoms with E-state index >= 15 is 0 Å². The van der Waals surface area contributed by atoms with Crippen LogP contribution in [0.3, 0.4) is 0 Å². The van der Waals surface area contributed by atoms with Crippen LogP contribution in [-0.4, -0.2) is 22.7 Å². The van der Waals surface area contributed by atoms with E-state index in [0.717, 1.165) is 21.8 Å². The predicted molar refractivity (Wildman–Crippen MR) is 108 cm³/mol. The monoisotopic (exact) mass is 451 g/mol. The summed E-state index contributed by atoms with van der Waals surface area (Å²) in [5, 5.41) is 0.248. The molecule has 1 aliphatic rings. The lowest BCUT2D eigenvalue weighted by Crippen LogP contribution is -2.27. The number of benzene rings is 2. The van der Waals surface area contributed by atoms with Crippen LogP contribution in [0, 0.1) is 0 Å². The minimum atomic E-state index is -0.314. The topological polar surface area (TPSA) is 46.6 Å². The minimum absolute atomic E-state index is 0.239. The molecule has 0 aliphatic carbocycles. The van der Waals surface area contributed by atoms with Gasteiger partial charge in [0.1, 0.15) is 5.75 Å². The van der Waals surface area contributed by atoms with Gasteiger partial charge in [-0.2, -0.15) is 0 Å². The van der Waals surface area contributed by atoms with Crippen molar-refractivity contribution in [3.63, 3.8) is 0 Å². The molecule has 0 N–H and O–H groups in total. The van der Waals surface area contributed by atoms with Gasteiger partial charge in [0.05, 0.1) is 18.1 Å². The summed E-state index contributed by atoms with van der Waals surface area (Å²) in [5.41, 5.74) is 1.56. The van der Waals surface area contributed by atoms with E-state index in [2.05, 4.69) is 15.9 Å². The third kappa shape index (κ3) is 4.31. The molecule has 0 unspecified atom stereocenters. The number of halogens is 2. The summed E-state index contributed by atoms with van der Waals surface area (Å²) in [6, 6.07) is 12.7. The van der Waals surface area contributed by atoms with E-state index in [-0.39, 0.29) is 17.7 Å². The van der Waals surface area contributed by atoms with Crippen LogP contribution in [0.5, 0.6) is 5.75 Å². The number of amides is 2. The quantitative estimate of drug-likeness (QED) is 0.543. The maximum Gasteiger partial charge on any atom is 0.293 e. The zero-order valence-electron chi connectivity index (χ0n) is 13.9. The lowest BCUT2D eigenvalue weighted by Gasteiger charge is -2.12. The second-order valence-corrected chi connectivity index (χ2v) is 7.85. The van der Waals surface area contributed by atoms with E-state index in [1.54, 1.807) is 24.3 Å². The third-order valence-corrected chi connectivity index (χ3v) is 5.36. The van der Waals surface area contributed by atoms with Crippen molar-refractivity contribution in [2.45, 2.75) is 13.5 Å². The molecule has 1 fully saturated rings. The van der Waals surface area contributed by atoms with Gasteiger partial charge in [-0.3, -0.25) is 14.5 Å². The van der Waals surface area contributed by atoms with Gasteiger partial charge in [-0.15, -0.1) is 0 Å². The number of rotatable bonds is 5. The average molecular weight is 453 g/mol. The zero-order valence-corrected chi connectivity index (χ0v) is 17.0. The Labute approximate surface area is 169 Å². The number of thioether (sulfide) groups is 1. The second-order valence-electron chi connectivity index (χ2n) is 5.51. The number of hydrogen-bond acceptors (Lipinski definition) is 4. The average Bonchev–Trinajstić information content (AvgIpc) is 2.87. The Balaban J connectivity index is 1.85. The van der Waals surface area contributed by atoms with Gasteiger partial charge in [0.2, 0.25) is 0 Å². The largest absolute Gasteiger partial charge is 0.493 e. The molecule has 2 aromatic carbocycles. The number of nitrogens with zero attached hydrogens (tertiary/aromatic N) is 1. The normalized spacial score (nSPS) is 15.8. The van der Waals surface area contributed by atoms with Crippen LogP contribution < -0.4 is 4.74 Å². The van der Waals surface area contributed by atoms with Crippen molar-refractivity contribution in [3.8, 4) is 5.75 Å². The second kappa shape index (κ2) is 8.29. The molecule has 1 aliphatic heterocycles.